The van der Waals surface area contributed by atoms with Crippen LogP contribution in [0.1, 0.15) is 11.1 Å². The summed E-state index contributed by atoms with van der Waals surface area (Å²) in [5, 5.41) is 6.63. The third-order valence-electron chi connectivity index (χ3n) is 4.10. The summed E-state index contributed by atoms with van der Waals surface area (Å²) in [6.45, 7) is 1.34. The fourth-order valence-corrected chi connectivity index (χ4v) is 3.12. The van der Waals surface area contributed by atoms with Crippen molar-refractivity contribution in [2.45, 2.75) is 13.0 Å². The van der Waals surface area contributed by atoms with Crippen LogP contribution in [0.5, 0.6) is 17.2 Å². The van der Waals surface area contributed by atoms with E-state index < -0.39 is 0 Å². The lowest BCUT2D eigenvalue weighted by Crippen LogP contribution is -2.38. The Kier molecular flexibility index (Phi) is 11.1. The molecule has 2 aromatic carbocycles. The molecule has 2 rings (SSSR count). The van der Waals surface area contributed by atoms with E-state index in [-0.39, 0.29) is 24.0 Å². The predicted octanol–water partition coefficient (Wildman–Crippen LogP) is 4.00. The molecular formula is C20H27BrIN3O3. The van der Waals surface area contributed by atoms with Crippen molar-refractivity contribution in [3.05, 3.63) is 52.0 Å². The van der Waals surface area contributed by atoms with Crippen LogP contribution in [-0.2, 0) is 13.0 Å². The molecule has 0 amide bonds. The van der Waals surface area contributed by atoms with Gasteiger partial charge in [0.15, 0.2) is 17.5 Å². The quantitative estimate of drug-likeness (QED) is 0.289. The average molecular weight is 564 g/mol. The van der Waals surface area contributed by atoms with Crippen LogP contribution >= 0.6 is 39.9 Å². The standard InChI is InChI=1S/C20H26BrN3O3.HI/c1-22-20(23-10-9-14-7-5-6-8-17(14)25-2)24-13-15-11-18(26-3)19(27-4)12-16(15)21;/h5-8,11-12H,9-10,13H2,1-4H3,(H2,22,23,24);1H. The van der Waals surface area contributed by atoms with Crippen LogP contribution in [0.2, 0.25) is 0 Å². The summed E-state index contributed by atoms with van der Waals surface area (Å²) in [7, 11) is 6.69. The number of hydrogen-bond donors (Lipinski definition) is 2. The third kappa shape index (κ3) is 6.73. The average Bonchev–Trinajstić information content (AvgIpc) is 2.71. The van der Waals surface area contributed by atoms with Crippen molar-refractivity contribution in [2.24, 2.45) is 4.99 Å². The lowest BCUT2D eigenvalue weighted by molar-refractivity contribution is 0.354. The van der Waals surface area contributed by atoms with Gasteiger partial charge in [-0.3, -0.25) is 4.99 Å². The van der Waals surface area contributed by atoms with Gasteiger partial charge in [-0.25, -0.2) is 0 Å². The molecule has 2 aromatic rings. The van der Waals surface area contributed by atoms with Crippen molar-refractivity contribution < 1.29 is 14.2 Å². The minimum absolute atomic E-state index is 0. The van der Waals surface area contributed by atoms with Gasteiger partial charge in [-0.15, -0.1) is 24.0 Å². The molecule has 28 heavy (non-hydrogen) atoms. The largest absolute Gasteiger partial charge is 0.496 e. The SMILES string of the molecule is CN=C(NCCc1ccccc1OC)NCc1cc(OC)c(OC)cc1Br.I. The molecule has 8 heteroatoms. The van der Waals surface area contributed by atoms with Gasteiger partial charge >= 0.3 is 0 Å². The number of hydrogen-bond acceptors (Lipinski definition) is 4. The van der Waals surface area contributed by atoms with Crippen molar-refractivity contribution in [1.29, 1.82) is 0 Å². The molecule has 0 saturated carbocycles. The minimum Gasteiger partial charge on any atom is -0.496 e. The zero-order chi connectivity index (χ0) is 19.6. The van der Waals surface area contributed by atoms with Gasteiger partial charge in [0.2, 0.25) is 0 Å². The highest BCUT2D eigenvalue weighted by atomic mass is 127. The summed E-state index contributed by atoms with van der Waals surface area (Å²) in [6.07, 6.45) is 0.838. The molecule has 0 aliphatic heterocycles. The summed E-state index contributed by atoms with van der Waals surface area (Å²) in [5.74, 6) is 3.01. The van der Waals surface area contributed by atoms with Crippen molar-refractivity contribution in [3.8, 4) is 17.2 Å². The number of para-hydroxylation sites is 1. The van der Waals surface area contributed by atoms with Gasteiger partial charge < -0.3 is 24.8 Å². The molecular weight excluding hydrogens is 537 g/mol. The van der Waals surface area contributed by atoms with E-state index in [2.05, 4.69) is 37.6 Å². The van der Waals surface area contributed by atoms with Crippen LogP contribution in [0.4, 0.5) is 0 Å². The molecule has 0 radical (unpaired) electrons. The highest BCUT2D eigenvalue weighted by Crippen LogP contribution is 2.33. The molecule has 0 aliphatic rings. The summed E-state index contributed by atoms with van der Waals surface area (Å²) in [5.41, 5.74) is 2.20. The summed E-state index contributed by atoms with van der Waals surface area (Å²) >= 11 is 3.57. The van der Waals surface area contributed by atoms with E-state index in [0.29, 0.717) is 18.0 Å². The zero-order valence-corrected chi connectivity index (χ0v) is 20.5. The van der Waals surface area contributed by atoms with Gasteiger partial charge in [-0.2, -0.15) is 0 Å². The third-order valence-corrected chi connectivity index (χ3v) is 4.84. The summed E-state index contributed by atoms with van der Waals surface area (Å²) in [6, 6.07) is 11.9. The highest BCUT2D eigenvalue weighted by molar-refractivity contribution is 14.0. The zero-order valence-electron chi connectivity index (χ0n) is 16.5. The molecule has 0 heterocycles. The molecule has 0 spiro atoms. The van der Waals surface area contributed by atoms with E-state index in [9.17, 15) is 0 Å². The number of benzene rings is 2. The molecule has 0 unspecified atom stereocenters. The number of aliphatic imine (C=N–C) groups is 1. The molecule has 0 aliphatic carbocycles. The van der Waals surface area contributed by atoms with Crippen molar-refractivity contribution in [3.63, 3.8) is 0 Å². The minimum atomic E-state index is 0. The second kappa shape index (κ2) is 12.7. The fraction of sp³-hybridized carbons (Fsp3) is 0.350. The van der Waals surface area contributed by atoms with Crippen molar-refractivity contribution in [1.82, 2.24) is 10.6 Å². The number of methoxy groups -OCH3 is 3. The normalized spacial score (nSPS) is 10.7. The highest BCUT2D eigenvalue weighted by Gasteiger charge is 2.10. The first-order valence-corrected chi connectivity index (χ1v) is 9.39. The Bertz CT molecular complexity index is 787. The van der Waals surface area contributed by atoms with Crippen molar-refractivity contribution in [2.75, 3.05) is 34.9 Å². The molecule has 0 aromatic heterocycles. The molecule has 2 N–H and O–H groups in total. The number of ether oxygens (including phenoxy) is 3. The lowest BCUT2D eigenvalue weighted by atomic mass is 10.1. The van der Waals surface area contributed by atoms with E-state index in [4.69, 9.17) is 14.2 Å². The van der Waals surface area contributed by atoms with Crippen molar-refractivity contribution >= 4 is 45.9 Å². The fourth-order valence-electron chi connectivity index (χ4n) is 2.66. The maximum absolute atomic E-state index is 5.39. The van der Waals surface area contributed by atoms with Crippen LogP contribution in [0, 0.1) is 0 Å². The first kappa shape index (κ1) is 24.4. The van der Waals surface area contributed by atoms with E-state index in [0.717, 1.165) is 40.3 Å². The van der Waals surface area contributed by atoms with Crippen LogP contribution in [-0.4, -0.2) is 40.9 Å². The number of rotatable bonds is 8. The maximum atomic E-state index is 5.39. The van der Waals surface area contributed by atoms with E-state index >= 15 is 0 Å². The monoisotopic (exact) mass is 563 g/mol. The van der Waals surface area contributed by atoms with Crippen LogP contribution in [0.25, 0.3) is 0 Å². The first-order valence-electron chi connectivity index (χ1n) is 8.59. The number of halogens is 2. The molecule has 0 saturated heterocycles. The number of nitrogens with zero attached hydrogens (tertiary/aromatic N) is 1. The van der Waals surface area contributed by atoms with Gasteiger partial charge in [0.1, 0.15) is 5.75 Å². The Morgan fingerprint density at radius 1 is 0.929 bits per heavy atom. The number of guanidine groups is 1. The summed E-state index contributed by atoms with van der Waals surface area (Å²) < 4.78 is 17.0. The maximum Gasteiger partial charge on any atom is 0.191 e. The van der Waals surface area contributed by atoms with E-state index in [1.54, 1.807) is 28.4 Å². The Morgan fingerprint density at radius 2 is 1.57 bits per heavy atom. The Balaban J connectivity index is 0.00000392. The lowest BCUT2D eigenvalue weighted by Gasteiger charge is -2.15. The Labute approximate surface area is 192 Å². The molecule has 0 fully saturated rings. The smallest absolute Gasteiger partial charge is 0.191 e. The summed E-state index contributed by atoms with van der Waals surface area (Å²) in [4.78, 5) is 4.27. The molecule has 154 valence electrons. The Hall–Kier alpha value is -1.68. The topological polar surface area (TPSA) is 64.1 Å². The van der Waals surface area contributed by atoms with Crippen LogP contribution < -0.4 is 24.8 Å². The van der Waals surface area contributed by atoms with Crippen LogP contribution in [0.3, 0.4) is 0 Å². The number of nitrogens with one attached hydrogen (secondary N) is 2. The van der Waals surface area contributed by atoms with E-state index in [1.165, 1.54) is 0 Å². The van der Waals surface area contributed by atoms with Gasteiger partial charge in [-0.05, 0) is 35.7 Å². The first-order chi connectivity index (χ1) is 13.1. The second-order valence-corrected chi connectivity index (χ2v) is 6.57. The molecule has 0 bridgehead atoms. The Morgan fingerprint density at radius 3 is 2.21 bits per heavy atom. The molecule has 6 nitrogen and oxygen atoms in total. The van der Waals surface area contributed by atoms with Crippen LogP contribution in [0.15, 0.2) is 45.9 Å². The van der Waals surface area contributed by atoms with Gasteiger partial charge in [0, 0.05) is 24.6 Å². The second-order valence-electron chi connectivity index (χ2n) is 5.71. The van der Waals surface area contributed by atoms with Gasteiger partial charge in [0.25, 0.3) is 0 Å². The van der Waals surface area contributed by atoms with Gasteiger partial charge in [-0.1, -0.05) is 34.1 Å². The molecule has 0 atom stereocenters. The van der Waals surface area contributed by atoms with Gasteiger partial charge in [0.05, 0.1) is 21.3 Å². The van der Waals surface area contributed by atoms with E-state index in [1.807, 2.05) is 30.3 Å². The predicted molar refractivity (Wildman–Crippen MR) is 128 cm³/mol.